The maximum absolute atomic E-state index is 4.68. The van der Waals surface area contributed by atoms with E-state index in [0.29, 0.717) is 6.54 Å². The van der Waals surface area contributed by atoms with Crippen molar-refractivity contribution in [2.75, 3.05) is 5.32 Å². The SMILES string of the molecule is Cc1nc(NCc2ccc(-n3ccnc3)nc2)c2c(-c3ccccc3)csc2n1. The summed E-state index contributed by atoms with van der Waals surface area (Å²) in [6, 6.07) is 14.4. The molecule has 0 amide bonds. The number of thiophene rings is 1. The minimum Gasteiger partial charge on any atom is -0.365 e. The largest absolute Gasteiger partial charge is 0.365 e. The van der Waals surface area contributed by atoms with Gasteiger partial charge in [0.1, 0.15) is 28.6 Å². The number of aromatic nitrogens is 5. The summed E-state index contributed by atoms with van der Waals surface area (Å²) in [5.41, 5.74) is 3.40. The van der Waals surface area contributed by atoms with Gasteiger partial charge in [0.2, 0.25) is 0 Å². The van der Waals surface area contributed by atoms with Crippen LogP contribution in [0.1, 0.15) is 11.4 Å². The molecular formula is C22H18N6S. The van der Waals surface area contributed by atoms with Crippen molar-refractivity contribution in [2.24, 2.45) is 0 Å². The van der Waals surface area contributed by atoms with Crippen LogP contribution in [0.2, 0.25) is 0 Å². The molecule has 5 rings (SSSR count). The van der Waals surface area contributed by atoms with Gasteiger partial charge in [-0.15, -0.1) is 11.3 Å². The van der Waals surface area contributed by atoms with Gasteiger partial charge in [-0.25, -0.2) is 19.9 Å². The van der Waals surface area contributed by atoms with Gasteiger partial charge < -0.3 is 5.32 Å². The van der Waals surface area contributed by atoms with E-state index in [0.717, 1.165) is 38.8 Å². The molecule has 0 aliphatic heterocycles. The quantitative estimate of drug-likeness (QED) is 0.458. The van der Waals surface area contributed by atoms with Gasteiger partial charge in [0.15, 0.2) is 0 Å². The molecule has 4 aromatic heterocycles. The van der Waals surface area contributed by atoms with Gasteiger partial charge >= 0.3 is 0 Å². The number of fused-ring (bicyclic) bond motifs is 1. The first-order valence-electron chi connectivity index (χ1n) is 9.26. The van der Waals surface area contributed by atoms with Crippen molar-refractivity contribution >= 4 is 27.4 Å². The van der Waals surface area contributed by atoms with E-state index in [1.54, 1.807) is 23.9 Å². The van der Waals surface area contributed by atoms with Crippen molar-refractivity contribution in [3.05, 3.63) is 84.2 Å². The normalized spacial score (nSPS) is 11.1. The van der Waals surface area contributed by atoms with Crippen LogP contribution in [0.3, 0.4) is 0 Å². The third kappa shape index (κ3) is 3.48. The highest BCUT2D eigenvalue weighted by Crippen LogP contribution is 2.36. The number of imidazole rings is 1. The van der Waals surface area contributed by atoms with Crippen LogP contribution in [-0.4, -0.2) is 24.5 Å². The van der Waals surface area contributed by atoms with Crippen molar-refractivity contribution in [3.8, 4) is 16.9 Å². The highest BCUT2D eigenvalue weighted by molar-refractivity contribution is 7.17. The zero-order valence-corrected chi connectivity index (χ0v) is 16.6. The highest BCUT2D eigenvalue weighted by atomic mass is 32.1. The smallest absolute Gasteiger partial charge is 0.139 e. The Labute approximate surface area is 172 Å². The lowest BCUT2D eigenvalue weighted by Gasteiger charge is -2.10. The predicted octanol–water partition coefficient (Wildman–Crippen LogP) is 4.86. The molecule has 0 atom stereocenters. The maximum atomic E-state index is 4.68. The second-order valence-corrected chi connectivity index (χ2v) is 7.52. The minimum absolute atomic E-state index is 0.632. The number of hydrogen-bond donors (Lipinski definition) is 1. The topological polar surface area (TPSA) is 68.5 Å². The molecule has 0 saturated carbocycles. The average molecular weight is 398 g/mol. The monoisotopic (exact) mass is 398 g/mol. The Morgan fingerprint density at radius 1 is 1.07 bits per heavy atom. The fourth-order valence-corrected chi connectivity index (χ4v) is 4.25. The fraction of sp³-hybridized carbons (Fsp3) is 0.0909. The summed E-state index contributed by atoms with van der Waals surface area (Å²) in [7, 11) is 0. The second-order valence-electron chi connectivity index (χ2n) is 6.66. The zero-order chi connectivity index (χ0) is 19.6. The van der Waals surface area contributed by atoms with Crippen LogP contribution < -0.4 is 5.32 Å². The Balaban J connectivity index is 1.45. The molecule has 1 N–H and O–H groups in total. The van der Waals surface area contributed by atoms with Gasteiger partial charge in [0.05, 0.1) is 5.39 Å². The third-order valence-electron chi connectivity index (χ3n) is 4.67. The predicted molar refractivity (Wildman–Crippen MR) is 116 cm³/mol. The molecule has 0 spiro atoms. The highest BCUT2D eigenvalue weighted by Gasteiger charge is 2.14. The molecule has 0 radical (unpaired) electrons. The Bertz CT molecular complexity index is 1240. The second kappa shape index (κ2) is 7.44. The van der Waals surface area contributed by atoms with Gasteiger partial charge in [0, 0.05) is 36.1 Å². The van der Waals surface area contributed by atoms with Gasteiger partial charge in [-0.05, 0) is 24.1 Å². The van der Waals surface area contributed by atoms with Crippen LogP contribution in [0.25, 0.3) is 27.2 Å². The average Bonchev–Trinajstić information content (AvgIpc) is 3.43. The first kappa shape index (κ1) is 17.5. The van der Waals surface area contributed by atoms with Crippen molar-refractivity contribution in [3.63, 3.8) is 0 Å². The maximum Gasteiger partial charge on any atom is 0.139 e. The lowest BCUT2D eigenvalue weighted by atomic mass is 10.1. The molecule has 5 aromatic rings. The molecule has 0 unspecified atom stereocenters. The first-order chi connectivity index (χ1) is 14.3. The summed E-state index contributed by atoms with van der Waals surface area (Å²) in [4.78, 5) is 18.9. The number of nitrogens with zero attached hydrogens (tertiary/aromatic N) is 5. The number of pyridine rings is 1. The van der Waals surface area contributed by atoms with E-state index in [1.165, 1.54) is 5.56 Å². The summed E-state index contributed by atoms with van der Waals surface area (Å²) in [6.45, 7) is 2.56. The fourth-order valence-electron chi connectivity index (χ4n) is 3.26. The van der Waals surface area contributed by atoms with E-state index < -0.39 is 0 Å². The van der Waals surface area contributed by atoms with Crippen molar-refractivity contribution in [1.29, 1.82) is 0 Å². The molecule has 0 saturated heterocycles. The lowest BCUT2D eigenvalue weighted by molar-refractivity contribution is 0.975. The van der Waals surface area contributed by atoms with Crippen LogP contribution >= 0.6 is 11.3 Å². The summed E-state index contributed by atoms with van der Waals surface area (Å²) in [5.74, 6) is 2.46. The van der Waals surface area contributed by atoms with Crippen LogP contribution in [0, 0.1) is 6.92 Å². The van der Waals surface area contributed by atoms with E-state index >= 15 is 0 Å². The molecule has 29 heavy (non-hydrogen) atoms. The summed E-state index contributed by atoms with van der Waals surface area (Å²) in [5, 5.41) is 6.71. The molecular weight excluding hydrogens is 380 g/mol. The van der Waals surface area contributed by atoms with E-state index in [4.69, 9.17) is 0 Å². The number of nitrogens with one attached hydrogen (secondary N) is 1. The van der Waals surface area contributed by atoms with Gasteiger partial charge in [-0.2, -0.15) is 0 Å². The van der Waals surface area contributed by atoms with Crippen LogP contribution in [0.4, 0.5) is 5.82 Å². The lowest BCUT2D eigenvalue weighted by Crippen LogP contribution is -2.05. The minimum atomic E-state index is 0.632. The van der Waals surface area contributed by atoms with E-state index in [9.17, 15) is 0 Å². The number of aryl methyl sites for hydroxylation is 1. The first-order valence-corrected chi connectivity index (χ1v) is 10.1. The molecule has 0 fully saturated rings. The Morgan fingerprint density at radius 2 is 1.97 bits per heavy atom. The molecule has 0 aliphatic rings. The van der Waals surface area contributed by atoms with Crippen molar-refractivity contribution < 1.29 is 0 Å². The molecule has 0 aliphatic carbocycles. The molecule has 0 bridgehead atoms. The molecule has 1 aromatic carbocycles. The molecule has 4 heterocycles. The summed E-state index contributed by atoms with van der Waals surface area (Å²) < 4.78 is 1.88. The van der Waals surface area contributed by atoms with E-state index in [-0.39, 0.29) is 0 Å². The van der Waals surface area contributed by atoms with Crippen LogP contribution in [-0.2, 0) is 6.54 Å². The Kier molecular flexibility index (Phi) is 4.50. The zero-order valence-electron chi connectivity index (χ0n) is 15.8. The molecule has 6 nitrogen and oxygen atoms in total. The molecule has 142 valence electrons. The van der Waals surface area contributed by atoms with E-state index in [1.807, 2.05) is 36.0 Å². The van der Waals surface area contributed by atoms with Crippen molar-refractivity contribution in [2.45, 2.75) is 13.5 Å². The van der Waals surface area contributed by atoms with Crippen molar-refractivity contribution in [1.82, 2.24) is 24.5 Å². The standard InChI is InChI=1S/C22H18N6S/c1-15-26-21(20-18(13-29-22(20)27-15)17-5-3-2-4-6-17)25-12-16-7-8-19(24-11-16)28-10-9-23-14-28/h2-11,13-14H,12H2,1H3,(H,25,26,27). The number of rotatable bonds is 5. The Hall–Kier alpha value is -3.58. The third-order valence-corrected chi connectivity index (χ3v) is 5.54. The molecule has 7 heteroatoms. The van der Waals surface area contributed by atoms with Crippen LogP contribution in [0.15, 0.2) is 72.8 Å². The van der Waals surface area contributed by atoms with Gasteiger partial charge in [0.25, 0.3) is 0 Å². The van der Waals surface area contributed by atoms with Crippen LogP contribution in [0.5, 0.6) is 0 Å². The Morgan fingerprint density at radius 3 is 2.72 bits per heavy atom. The number of hydrogen-bond acceptors (Lipinski definition) is 6. The van der Waals surface area contributed by atoms with E-state index in [2.05, 4.69) is 61.0 Å². The summed E-state index contributed by atoms with van der Waals surface area (Å²) in [6.07, 6.45) is 7.23. The number of anilines is 1. The summed E-state index contributed by atoms with van der Waals surface area (Å²) >= 11 is 1.65. The van der Waals surface area contributed by atoms with Gasteiger partial charge in [-0.3, -0.25) is 4.57 Å². The number of benzene rings is 1. The van der Waals surface area contributed by atoms with Gasteiger partial charge in [-0.1, -0.05) is 36.4 Å².